The molecular formula is C16H24N2O3. The van der Waals surface area contributed by atoms with E-state index in [-0.39, 0.29) is 11.9 Å². The van der Waals surface area contributed by atoms with Crippen molar-refractivity contribution in [3.63, 3.8) is 0 Å². The number of nitrogens with zero attached hydrogens (tertiary/aromatic N) is 1. The van der Waals surface area contributed by atoms with E-state index in [4.69, 9.17) is 9.47 Å². The Balaban J connectivity index is 1.91. The molecule has 21 heavy (non-hydrogen) atoms. The summed E-state index contributed by atoms with van der Waals surface area (Å²) in [7, 11) is 3.21. The van der Waals surface area contributed by atoms with Crippen LogP contribution in [0.5, 0.6) is 11.5 Å². The molecule has 1 N–H and O–H groups in total. The molecule has 1 aliphatic heterocycles. The molecule has 0 unspecified atom stereocenters. The molecule has 5 heteroatoms. The predicted octanol–water partition coefficient (Wildman–Crippen LogP) is 1.80. The van der Waals surface area contributed by atoms with Crippen LogP contribution in [-0.4, -0.2) is 44.2 Å². The number of carbonyl (C=O) groups is 1. The average Bonchev–Trinajstić information content (AvgIpc) is 3.05. The monoisotopic (exact) mass is 292 g/mol. The van der Waals surface area contributed by atoms with E-state index in [0.29, 0.717) is 18.0 Å². The van der Waals surface area contributed by atoms with Crippen molar-refractivity contribution >= 4 is 5.91 Å². The number of benzene rings is 1. The van der Waals surface area contributed by atoms with E-state index in [1.54, 1.807) is 14.2 Å². The fourth-order valence-electron chi connectivity index (χ4n) is 2.62. The summed E-state index contributed by atoms with van der Waals surface area (Å²) in [5, 5.41) is 2.99. The highest BCUT2D eigenvalue weighted by Crippen LogP contribution is 2.27. The standard InChI is InChI=1S/C16H24N2O3/c1-12(18-8-4-5-9-18)16(19)17-11-13-6-7-14(20-2)15(10-13)21-3/h6-7,10,12H,4-5,8-9,11H2,1-3H3,(H,17,19)/t12-/m1/s1. The zero-order valence-electron chi connectivity index (χ0n) is 13.0. The summed E-state index contributed by atoms with van der Waals surface area (Å²) in [6, 6.07) is 5.61. The van der Waals surface area contributed by atoms with Crippen LogP contribution < -0.4 is 14.8 Å². The number of amides is 1. The summed E-state index contributed by atoms with van der Waals surface area (Å²) in [4.78, 5) is 14.4. The number of carbonyl (C=O) groups excluding carboxylic acids is 1. The summed E-state index contributed by atoms with van der Waals surface area (Å²) < 4.78 is 10.5. The Hall–Kier alpha value is -1.75. The maximum Gasteiger partial charge on any atom is 0.237 e. The molecule has 0 bridgehead atoms. The second-order valence-corrected chi connectivity index (χ2v) is 5.33. The zero-order valence-corrected chi connectivity index (χ0v) is 13.0. The van der Waals surface area contributed by atoms with Gasteiger partial charge in [0, 0.05) is 6.54 Å². The van der Waals surface area contributed by atoms with E-state index in [9.17, 15) is 4.79 Å². The lowest BCUT2D eigenvalue weighted by Gasteiger charge is -2.22. The van der Waals surface area contributed by atoms with Gasteiger partial charge in [0.15, 0.2) is 11.5 Å². The van der Waals surface area contributed by atoms with Crippen molar-refractivity contribution in [2.45, 2.75) is 32.4 Å². The van der Waals surface area contributed by atoms with Gasteiger partial charge in [-0.1, -0.05) is 6.07 Å². The number of nitrogens with one attached hydrogen (secondary N) is 1. The Bertz CT molecular complexity index is 484. The van der Waals surface area contributed by atoms with Crippen LogP contribution in [0.1, 0.15) is 25.3 Å². The average molecular weight is 292 g/mol. The van der Waals surface area contributed by atoms with E-state index < -0.39 is 0 Å². The van der Waals surface area contributed by atoms with Gasteiger partial charge in [-0.2, -0.15) is 0 Å². The van der Waals surface area contributed by atoms with Gasteiger partial charge in [-0.05, 0) is 50.6 Å². The van der Waals surface area contributed by atoms with Gasteiger partial charge in [-0.15, -0.1) is 0 Å². The van der Waals surface area contributed by atoms with E-state index in [2.05, 4.69) is 10.2 Å². The summed E-state index contributed by atoms with van der Waals surface area (Å²) >= 11 is 0. The SMILES string of the molecule is COc1ccc(CNC(=O)[C@@H](C)N2CCCC2)cc1OC. The van der Waals surface area contributed by atoms with E-state index in [1.165, 1.54) is 12.8 Å². The minimum Gasteiger partial charge on any atom is -0.493 e. The van der Waals surface area contributed by atoms with Crippen molar-refractivity contribution in [1.29, 1.82) is 0 Å². The molecule has 0 aliphatic carbocycles. The van der Waals surface area contributed by atoms with Crippen LogP contribution in [0, 0.1) is 0 Å². The van der Waals surface area contributed by atoms with Crippen molar-refractivity contribution in [3.05, 3.63) is 23.8 Å². The lowest BCUT2D eigenvalue weighted by Crippen LogP contribution is -2.43. The van der Waals surface area contributed by atoms with Crippen LogP contribution in [-0.2, 0) is 11.3 Å². The predicted molar refractivity (Wildman–Crippen MR) is 81.7 cm³/mol. The first kappa shape index (κ1) is 15.6. The van der Waals surface area contributed by atoms with Gasteiger partial charge >= 0.3 is 0 Å². The molecule has 1 aromatic rings. The zero-order chi connectivity index (χ0) is 15.2. The Labute approximate surface area is 126 Å². The Morgan fingerprint density at radius 1 is 1.24 bits per heavy atom. The quantitative estimate of drug-likeness (QED) is 0.869. The second kappa shape index (κ2) is 7.31. The summed E-state index contributed by atoms with van der Waals surface area (Å²) in [6.07, 6.45) is 2.38. The first-order chi connectivity index (χ1) is 10.2. The van der Waals surface area contributed by atoms with Crippen molar-refractivity contribution in [3.8, 4) is 11.5 Å². The maximum atomic E-state index is 12.2. The van der Waals surface area contributed by atoms with Gasteiger partial charge in [0.2, 0.25) is 5.91 Å². The highest BCUT2D eigenvalue weighted by atomic mass is 16.5. The van der Waals surface area contributed by atoms with Gasteiger partial charge in [0.25, 0.3) is 0 Å². The molecule has 1 aromatic carbocycles. The molecular weight excluding hydrogens is 268 g/mol. The lowest BCUT2D eigenvalue weighted by atomic mass is 10.2. The van der Waals surface area contributed by atoms with Crippen LogP contribution in [0.15, 0.2) is 18.2 Å². The molecule has 0 radical (unpaired) electrons. The van der Waals surface area contributed by atoms with Crippen molar-refractivity contribution in [2.24, 2.45) is 0 Å². The minimum atomic E-state index is -0.0624. The third kappa shape index (κ3) is 3.88. The molecule has 0 spiro atoms. The van der Waals surface area contributed by atoms with Crippen molar-refractivity contribution in [2.75, 3.05) is 27.3 Å². The first-order valence-corrected chi connectivity index (χ1v) is 7.38. The van der Waals surface area contributed by atoms with Crippen molar-refractivity contribution < 1.29 is 14.3 Å². The summed E-state index contributed by atoms with van der Waals surface area (Å²) in [5.74, 6) is 1.45. The number of methoxy groups -OCH3 is 2. The number of rotatable bonds is 6. The summed E-state index contributed by atoms with van der Waals surface area (Å²) in [6.45, 7) is 4.50. The minimum absolute atomic E-state index is 0.0624. The molecule has 1 amide bonds. The fourth-order valence-corrected chi connectivity index (χ4v) is 2.62. The van der Waals surface area contributed by atoms with Crippen LogP contribution in [0.3, 0.4) is 0 Å². The molecule has 2 rings (SSSR count). The van der Waals surface area contributed by atoms with Crippen LogP contribution in [0.25, 0.3) is 0 Å². The second-order valence-electron chi connectivity index (χ2n) is 5.33. The third-order valence-corrected chi connectivity index (χ3v) is 3.98. The van der Waals surface area contributed by atoms with Gasteiger partial charge in [0.05, 0.1) is 20.3 Å². The number of likely N-dealkylation sites (tertiary alicyclic amines) is 1. The molecule has 0 aromatic heterocycles. The fraction of sp³-hybridized carbons (Fsp3) is 0.562. The molecule has 1 fully saturated rings. The Morgan fingerprint density at radius 3 is 2.52 bits per heavy atom. The Morgan fingerprint density at radius 2 is 1.90 bits per heavy atom. The topological polar surface area (TPSA) is 50.8 Å². The summed E-state index contributed by atoms with van der Waals surface area (Å²) in [5.41, 5.74) is 0.995. The van der Waals surface area contributed by atoms with Gasteiger partial charge in [-0.25, -0.2) is 0 Å². The largest absolute Gasteiger partial charge is 0.493 e. The molecule has 116 valence electrons. The van der Waals surface area contributed by atoms with Gasteiger partial charge < -0.3 is 14.8 Å². The normalized spacial score (nSPS) is 16.5. The molecule has 5 nitrogen and oxygen atoms in total. The highest BCUT2D eigenvalue weighted by Gasteiger charge is 2.23. The Kier molecular flexibility index (Phi) is 5.44. The van der Waals surface area contributed by atoms with E-state index in [0.717, 1.165) is 18.7 Å². The molecule has 1 aliphatic rings. The van der Waals surface area contributed by atoms with Crippen LogP contribution >= 0.6 is 0 Å². The number of hydrogen-bond donors (Lipinski definition) is 1. The molecule has 1 heterocycles. The third-order valence-electron chi connectivity index (χ3n) is 3.98. The van der Waals surface area contributed by atoms with Gasteiger partial charge in [0.1, 0.15) is 0 Å². The number of hydrogen-bond acceptors (Lipinski definition) is 4. The molecule has 1 atom stereocenters. The van der Waals surface area contributed by atoms with Crippen LogP contribution in [0.4, 0.5) is 0 Å². The molecule has 1 saturated heterocycles. The van der Waals surface area contributed by atoms with Crippen LogP contribution in [0.2, 0.25) is 0 Å². The van der Waals surface area contributed by atoms with E-state index in [1.807, 2.05) is 25.1 Å². The lowest BCUT2D eigenvalue weighted by molar-refractivity contribution is -0.125. The highest BCUT2D eigenvalue weighted by molar-refractivity contribution is 5.81. The van der Waals surface area contributed by atoms with E-state index >= 15 is 0 Å². The first-order valence-electron chi connectivity index (χ1n) is 7.38. The van der Waals surface area contributed by atoms with Gasteiger partial charge in [-0.3, -0.25) is 9.69 Å². The molecule has 0 saturated carbocycles. The van der Waals surface area contributed by atoms with Crippen molar-refractivity contribution in [1.82, 2.24) is 10.2 Å². The maximum absolute atomic E-state index is 12.2. The number of ether oxygens (including phenoxy) is 2. The smallest absolute Gasteiger partial charge is 0.237 e.